The molecule has 0 saturated carbocycles. The van der Waals surface area contributed by atoms with Crippen molar-refractivity contribution < 1.29 is 4.74 Å². The highest BCUT2D eigenvalue weighted by atomic mass is 35.5. The molecule has 5 heteroatoms. The number of nitrogens with zero attached hydrogens (tertiary/aromatic N) is 2. The summed E-state index contributed by atoms with van der Waals surface area (Å²) >= 11 is 12.1. The summed E-state index contributed by atoms with van der Waals surface area (Å²) in [5.41, 5.74) is 2.07. The fourth-order valence-electron chi connectivity index (χ4n) is 2.06. The Kier molecular flexibility index (Phi) is 4.66. The number of hydrogen-bond acceptors (Lipinski definition) is 2. The van der Waals surface area contributed by atoms with Gasteiger partial charge >= 0.3 is 0 Å². The maximum absolute atomic E-state index is 6.17. The Balaban J connectivity index is 1.63. The van der Waals surface area contributed by atoms with Crippen LogP contribution < -0.4 is 4.74 Å². The van der Waals surface area contributed by atoms with E-state index < -0.39 is 0 Å². The van der Waals surface area contributed by atoms with E-state index in [0.717, 1.165) is 11.1 Å². The van der Waals surface area contributed by atoms with Crippen LogP contribution in [-0.2, 0) is 13.2 Å². The molecule has 112 valence electrons. The number of hydrogen-bond donors (Lipinski definition) is 0. The van der Waals surface area contributed by atoms with Crippen molar-refractivity contribution in [1.29, 1.82) is 0 Å². The number of halogens is 2. The Labute approximate surface area is 139 Å². The first-order valence-electron chi connectivity index (χ1n) is 6.85. The van der Waals surface area contributed by atoms with Crippen molar-refractivity contribution in [2.75, 3.05) is 0 Å². The van der Waals surface area contributed by atoms with Gasteiger partial charge in [0, 0.05) is 22.3 Å². The van der Waals surface area contributed by atoms with Crippen molar-refractivity contribution in [3.63, 3.8) is 0 Å². The van der Waals surface area contributed by atoms with Gasteiger partial charge in [-0.1, -0.05) is 59.6 Å². The van der Waals surface area contributed by atoms with Gasteiger partial charge in [-0.3, -0.25) is 4.68 Å². The van der Waals surface area contributed by atoms with E-state index in [9.17, 15) is 0 Å². The lowest BCUT2D eigenvalue weighted by Gasteiger charge is -2.05. The fourth-order valence-corrected chi connectivity index (χ4v) is 2.53. The Morgan fingerprint density at radius 3 is 2.59 bits per heavy atom. The third-order valence-electron chi connectivity index (χ3n) is 3.19. The van der Waals surface area contributed by atoms with Crippen molar-refractivity contribution in [2.45, 2.75) is 13.2 Å². The molecule has 0 bridgehead atoms. The summed E-state index contributed by atoms with van der Waals surface area (Å²) in [5.74, 6) is 0.592. The van der Waals surface area contributed by atoms with Crippen LogP contribution in [0, 0.1) is 0 Å². The quantitative estimate of drug-likeness (QED) is 0.669. The van der Waals surface area contributed by atoms with E-state index in [-0.39, 0.29) is 0 Å². The largest absolute Gasteiger partial charge is 0.472 e. The number of aromatic nitrogens is 2. The first kappa shape index (κ1) is 14.9. The fraction of sp³-hybridized carbons (Fsp3) is 0.118. The minimum atomic E-state index is 0.500. The predicted octanol–water partition coefficient (Wildman–Crippen LogP) is 4.82. The van der Waals surface area contributed by atoms with Gasteiger partial charge in [0.2, 0.25) is 5.88 Å². The van der Waals surface area contributed by atoms with Crippen LogP contribution in [0.1, 0.15) is 11.1 Å². The van der Waals surface area contributed by atoms with Gasteiger partial charge in [-0.15, -0.1) is 5.10 Å². The minimum Gasteiger partial charge on any atom is -0.472 e. The monoisotopic (exact) mass is 332 g/mol. The first-order chi connectivity index (χ1) is 10.7. The SMILES string of the molecule is Clc1ccc(Cn2ccc(OCc3ccccc3)n2)c(Cl)c1. The zero-order valence-corrected chi connectivity index (χ0v) is 13.3. The van der Waals surface area contributed by atoms with Crippen molar-refractivity contribution in [3.8, 4) is 5.88 Å². The zero-order valence-electron chi connectivity index (χ0n) is 11.7. The lowest BCUT2D eigenvalue weighted by Crippen LogP contribution is -2.02. The number of rotatable bonds is 5. The van der Waals surface area contributed by atoms with Crippen LogP contribution in [-0.4, -0.2) is 9.78 Å². The van der Waals surface area contributed by atoms with Gasteiger partial charge in [0.05, 0.1) is 6.54 Å². The van der Waals surface area contributed by atoms with Gasteiger partial charge < -0.3 is 4.74 Å². The molecule has 22 heavy (non-hydrogen) atoms. The molecule has 0 aliphatic heterocycles. The van der Waals surface area contributed by atoms with Crippen LogP contribution in [0.3, 0.4) is 0 Å². The van der Waals surface area contributed by atoms with Gasteiger partial charge in [-0.25, -0.2) is 0 Å². The predicted molar refractivity (Wildman–Crippen MR) is 88.6 cm³/mol. The van der Waals surface area contributed by atoms with E-state index in [1.54, 1.807) is 10.7 Å². The van der Waals surface area contributed by atoms with Crippen molar-refractivity contribution in [1.82, 2.24) is 9.78 Å². The second-order valence-corrected chi connectivity index (χ2v) is 5.71. The van der Waals surface area contributed by atoms with E-state index >= 15 is 0 Å². The third kappa shape index (κ3) is 3.81. The van der Waals surface area contributed by atoms with E-state index in [1.807, 2.05) is 54.7 Å². The van der Waals surface area contributed by atoms with Crippen LogP contribution in [0.4, 0.5) is 0 Å². The summed E-state index contributed by atoms with van der Waals surface area (Å²) in [6, 6.07) is 17.3. The molecule has 0 aliphatic rings. The number of ether oxygens (including phenoxy) is 1. The number of benzene rings is 2. The molecule has 0 radical (unpaired) electrons. The van der Waals surface area contributed by atoms with Gasteiger partial charge in [-0.05, 0) is 23.3 Å². The van der Waals surface area contributed by atoms with Crippen molar-refractivity contribution >= 4 is 23.2 Å². The van der Waals surface area contributed by atoms with E-state index in [4.69, 9.17) is 27.9 Å². The topological polar surface area (TPSA) is 27.1 Å². The smallest absolute Gasteiger partial charge is 0.233 e. The standard InChI is InChI=1S/C17H14Cl2N2O/c18-15-7-6-14(16(19)10-15)11-21-9-8-17(20-21)22-12-13-4-2-1-3-5-13/h1-10H,11-12H2. The van der Waals surface area contributed by atoms with Gasteiger partial charge in [0.15, 0.2) is 0 Å². The Morgan fingerprint density at radius 1 is 1.00 bits per heavy atom. The average molecular weight is 333 g/mol. The summed E-state index contributed by atoms with van der Waals surface area (Å²) in [6.07, 6.45) is 1.87. The highest BCUT2D eigenvalue weighted by Crippen LogP contribution is 2.22. The summed E-state index contributed by atoms with van der Waals surface area (Å²) in [7, 11) is 0. The van der Waals surface area contributed by atoms with Crippen molar-refractivity contribution in [2.24, 2.45) is 0 Å². The lowest BCUT2D eigenvalue weighted by molar-refractivity contribution is 0.290. The first-order valence-corrected chi connectivity index (χ1v) is 7.60. The normalized spacial score (nSPS) is 10.6. The molecule has 0 aliphatic carbocycles. The van der Waals surface area contributed by atoms with E-state index in [1.165, 1.54) is 0 Å². The third-order valence-corrected chi connectivity index (χ3v) is 3.78. The molecule has 0 saturated heterocycles. The average Bonchev–Trinajstić information content (AvgIpc) is 2.97. The van der Waals surface area contributed by atoms with Gasteiger partial charge in [0.25, 0.3) is 0 Å². The van der Waals surface area contributed by atoms with Crippen LogP contribution in [0.5, 0.6) is 5.88 Å². The molecular weight excluding hydrogens is 319 g/mol. The maximum atomic E-state index is 6.17. The summed E-state index contributed by atoms with van der Waals surface area (Å²) in [5, 5.41) is 5.65. The molecule has 0 fully saturated rings. The minimum absolute atomic E-state index is 0.500. The molecule has 0 amide bonds. The van der Waals surface area contributed by atoms with Crippen LogP contribution in [0.15, 0.2) is 60.8 Å². The molecule has 3 aromatic rings. The molecule has 0 atom stereocenters. The molecule has 1 heterocycles. The van der Waals surface area contributed by atoms with Gasteiger partial charge in [0.1, 0.15) is 6.61 Å². The Bertz CT molecular complexity index is 756. The zero-order chi connectivity index (χ0) is 15.4. The van der Waals surface area contributed by atoms with Crippen LogP contribution in [0.2, 0.25) is 10.0 Å². The van der Waals surface area contributed by atoms with Crippen molar-refractivity contribution in [3.05, 3.63) is 82.0 Å². The summed E-state index contributed by atoms with van der Waals surface area (Å²) in [6.45, 7) is 1.07. The Hall–Kier alpha value is -1.97. The van der Waals surface area contributed by atoms with Crippen LogP contribution in [0.25, 0.3) is 0 Å². The maximum Gasteiger partial charge on any atom is 0.233 e. The van der Waals surface area contributed by atoms with E-state index in [0.29, 0.717) is 29.1 Å². The molecular formula is C17H14Cl2N2O. The lowest BCUT2D eigenvalue weighted by atomic mass is 10.2. The summed E-state index contributed by atoms with van der Waals surface area (Å²) in [4.78, 5) is 0. The molecule has 0 N–H and O–H groups in total. The second kappa shape index (κ2) is 6.86. The van der Waals surface area contributed by atoms with Crippen LogP contribution >= 0.6 is 23.2 Å². The van der Waals surface area contributed by atoms with E-state index in [2.05, 4.69) is 5.10 Å². The second-order valence-electron chi connectivity index (χ2n) is 4.86. The molecule has 3 rings (SSSR count). The Morgan fingerprint density at radius 2 is 1.82 bits per heavy atom. The molecule has 0 unspecified atom stereocenters. The highest BCUT2D eigenvalue weighted by Gasteiger charge is 2.05. The highest BCUT2D eigenvalue weighted by molar-refractivity contribution is 6.35. The van der Waals surface area contributed by atoms with Gasteiger partial charge in [-0.2, -0.15) is 0 Å². The molecule has 3 nitrogen and oxygen atoms in total. The molecule has 1 aromatic heterocycles. The molecule has 2 aromatic carbocycles. The summed E-state index contributed by atoms with van der Waals surface area (Å²) < 4.78 is 7.46. The molecule has 0 spiro atoms.